The van der Waals surface area contributed by atoms with Gasteiger partial charge in [-0.2, -0.15) is 0 Å². The normalized spacial score (nSPS) is 25.1. The van der Waals surface area contributed by atoms with E-state index in [-0.39, 0.29) is 6.23 Å². The van der Waals surface area contributed by atoms with E-state index in [2.05, 4.69) is 9.80 Å². The van der Waals surface area contributed by atoms with Crippen LogP contribution in [0.3, 0.4) is 0 Å². The minimum Gasteiger partial charge on any atom is -0.377 e. The largest absolute Gasteiger partial charge is 0.377 e. The van der Waals surface area contributed by atoms with E-state index in [0.29, 0.717) is 6.42 Å². The van der Waals surface area contributed by atoms with Gasteiger partial charge in [-0.25, -0.2) is 0 Å². The highest BCUT2D eigenvalue weighted by Gasteiger charge is 2.21. The average Bonchev–Trinajstić information content (AvgIpc) is 2.15. The summed E-state index contributed by atoms with van der Waals surface area (Å²) in [6, 6.07) is 0. The number of hydrogen-bond acceptors (Lipinski definition) is 4. The maximum Gasteiger partial charge on any atom is 0.120 e. The van der Waals surface area contributed by atoms with Crippen LogP contribution in [0.1, 0.15) is 19.3 Å². The lowest BCUT2D eigenvalue weighted by Crippen LogP contribution is -2.51. The molecule has 1 aliphatic heterocycles. The molecule has 0 bridgehead atoms. The van der Waals surface area contributed by atoms with Crippen molar-refractivity contribution in [3.63, 3.8) is 0 Å². The van der Waals surface area contributed by atoms with E-state index in [0.717, 1.165) is 45.3 Å². The number of hydrogen-bond donors (Lipinski definition) is 1. The van der Waals surface area contributed by atoms with Crippen LogP contribution in [-0.2, 0) is 4.79 Å². The van der Waals surface area contributed by atoms with Crippen molar-refractivity contribution in [2.24, 2.45) is 0 Å². The summed E-state index contributed by atoms with van der Waals surface area (Å²) in [4.78, 5) is 14.3. The highest BCUT2D eigenvalue weighted by molar-refractivity contribution is 5.48. The second-order valence-corrected chi connectivity index (χ2v) is 3.94. The molecule has 82 valence electrons. The fourth-order valence-corrected chi connectivity index (χ4v) is 1.74. The molecule has 1 fully saturated rings. The second-order valence-electron chi connectivity index (χ2n) is 3.94. The fourth-order valence-electron chi connectivity index (χ4n) is 1.74. The maximum atomic E-state index is 10.1. The second kappa shape index (κ2) is 6.11. The molecular weight excluding hydrogens is 180 g/mol. The van der Waals surface area contributed by atoms with E-state index in [1.54, 1.807) is 0 Å². The molecule has 1 atom stereocenters. The molecule has 4 heteroatoms. The quantitative estimate of drug-likeness (QED) is 0.498. The Morgan fingerprint density at radius 2 is 2.21 bits per heavy atom. The summed E-state index contributed by atoms with van der Waals surface area (Å²) in [5.41, 5.74) is 0. The molecule has 0 aromatic rings. The smallest absolute Gasteiger partial charge is 0.120 e. The van der Waals surface area contributed by atoms with Crippen LogP contribution >= 0.6 is 0 Å². The number of β-amino-alcohol motifs (C(OH)–C–C–N with tert-alkyl or cyclic N) is 1. The number of aliphatic hydroxyl groups is 1. The predicted molar refractivity (Wildman–Crippen MR) is 55.0 cm³/mol. The summed E-state index contributed by atoms with van der Waals surface area (Å²) in [7, 11) is 2.02. The van der Waals surface area contributed by atoms with Gasteiger partial charge < -0.3 is 14.8 Å². The standard InChI is InChI=1S/C10H20N2O2/c1-11-6-7-12(10(14)9-11)5-3-2-4-8-13/h8,10,14H,2-7,9H2,1H3/t10-/m1/s1. The van der Waals surface area contributed by atoms with Gasteiger partial charge in [-0.15, -0.1) is 0 Å². The summed E-state index contributed by atoms with van der Waals surface area (Å²) in [5, 5.41) is 9.71. The summed E-state index contributed by atoms with van der Waals surface area (Å²) in [6.45, 7) is 3.58. The molecule has 0 aliphatic carbocycles. The molecule has 1 aliphatic rings. The van der Waals surface area contributed by atoms with Gasteiger partial charge in [0.25, 0.3) is 0 Å². The van der Waals surface area contributed by atoms with Gasteiger partial charge in [0.2, 0.25) is 0 Å². The zero-order chi connectivity index (χ0) is 10.4. The highest BCUT2D eigenvalue weighted by Crippen LogP contribution is 2.07. The molecule has 1 saturated heterocycles. The third kappa shape index (κ3) is 3.74. The van der Waals surface area contributed by atoms with Gasteiger partial charge in [-0.3, -0.25) is 4.90 Å². The Morgan fingerprint density at radius 1 is 1.43 bits per heavy atom. The van der Waals surface area contributed by atoms with Gasteiger partial charge in [-0.1, -0.05) is 0 Å². The van der Waals surface area contributed by atoms with Crippen LogP contribution in [0.5, 0.6) is 0 Å². The fraction of sp³-hybridized carbons (Fsp3) is 0.900. The van der Waals surface area contributed by atoms with Crippen LogP contribution in [0.4, 0.5) is 0 Å². The number of rotatable bonds is 5. The number of carbonyl (C=O) groups excluding carboxylic acids is 1. The molecule has 0 aromatic heterocycles. The van der Waals surface area contributed by atoms with Crippen molar-refractivity contribution in [1.82, 2.24) is 9.80 Å². The summed E-state index contributed by atoms with van der Waals surface area (Å²) in [5.74, 6) is 0. The van der Waals surface area contributed by atoms with Crippen molar-refractivity contribution >= 4 is 6.29 Å². The number of likely N-dealkylation sites (N-methyl/N-ethyl adjacent to an activating group) is 1. The Labute approximate surface area is 85.5 Å². The number of piperazine rings is 1. The molecule has 1 N–H and O–H groups in total. The summed E-state index contributed by atoms with van der Waals surface area (Å²) < 4.78 is 0. The van der Waals surface area contributed by atoms with Crippen molar-refractivity contribution in [3.8, 4) is 0 Å². The number of carbonyl (C=O) groups is 1. The molecule has 1 rings (SSSR count). The molecule has 4 nitrogen and oxygen atoms in total. The van der Waals surface area contributed by atoms with E-state index < -0.39 is 0 Å². The Morgan fingerprint density at radius 3 is 2.86 bits per heavy atom. The zero-order valence-corrected chi connectivity index (χ0v) is 8.85. The Kier molecular flexibility index (Phi) is 5.07. The Hall–Kier alpha value is -0.450. The van der Waals surface area contributed by atoms with Crippen molar-refractivity contribution in [2.75, 3.05) is 33.2 Å². The van der Waals surface area contributed by atoms with Crippen LogP contribution in [0.15, 0.2) is 0 Å². The van der Waals surface area contributed by atoms with Crippen LogP contribution in [0.25, 0.3) is 0 Å². The number of unbranched alkanes of at least 4 members (excludes halogenated alkanes) is 2. The van der Waals surface area contributed by atoms with Crippen molar-refractivity contribution in [1.29, 1.82) is 0 Å². The number of aliphatic hydroxyl groups excluding tert-OH is 1. The predicted octanol–water partition coefficient (Wildman–Crippen LogP) is -0.0786. The third-order valence-corrected chi connectivity index (χ3v) is 2.68. The number of aldehydes is 1. The van der Waals surface area contributed by atoms with Gasteiger partial charge in [0.05, 0.1) is 0 Å². The SMILES string of the molecule is CN1CCN(CCCCC=O)[C@H](O)C1. The molecule has 0 aromatic carbocycles. The van der Waals surface area contributed by atoms with Crippen LogP contribution in [-0.4, -0.2) is 60.6 Å². The van der Waals surface area contributed by atoms with E-state index in [4.69, 9.17) is 0 Å². The molecule has 0 radical (unpaired) electrons. The minimum absolute atomic E-state index is 0.329. The van der Waals surface area contributed by atoms with Crippen molar-refractivity contribution < 1.29 is 9.90 Å². The molecule has 0 spiro atoms. The molecule has 0 saturated carbocycles. The Bertz CT molecular complexity index is 176. The van der Waals surface area contributed by atoms with Crippen LogP contribution in [0.2, 0.25) is 0 Å². The molecule has 14 heavy (non-hydrogen) atoms. The van der Waals surface area contributed by atoms with Gasteiger partial charge in [0.1, 0.15) is 12.5 Å². The van der Waals surface area contributed by atoms with Gasteiger partial charge in [-0.05, 0) is 19.9 Å². The first-order valence-corrected chi connectivity index (χ1v) is 5.28. The van der Waals surface area contributed by atoms with Crippen LogP contribution < -0.4 is 0 Å². The lowest BCUT2D eigenvalue weighted by molar-refractivity contribution is -0.108. The minimum atomic E-state index is -0.329. The van der Waals surface area contributed by atoms with E-state index in [1.807, 2.05) is 7.05 Å². The first-order chi connectivity index (χ1) is 6.74. The summed E-state index contributed by atoms with van der Waals surface area (Å²) in [6.07, 6.45) is 3.21. The molecule has 0 amide bonds. The van der Waals surface area contributed by atoms with Gasteiger partial charge >= 0.3 is 0 Å². The van der Waals surface area contributed by atoms with E-state index in [9.17, 15) is 9.90 Å². The third-order valence-electron chi connectivity index (χ3n) is 2.68. The lowest BCUT2D eigenvalue weighted by atomic mass is 10.2. The van der Waals surface area contributed by atoms with Crippen molar-refractivity contribution in [3.05, 3.63) is 0 Å². The molecule has 1 heterocycles. The molecule has 0 unspecified atom stereocenters. The van der Waals surface area contributed by atoms with Gasteiger partial charge in [0, 0.05) is 32.6 Å². The topological polar surface area (TPSA) is 43.8 Å². The summed E-state index contributed by atoms with van der Waals surface area (Å²) >= 11 is 0. The maximum absolute atomic E-state index is 10.1. The molecular formula is C10H20N2O2. The van der Waals surface area contributed by atoms with Gasteiger partial charge in [0.15, 0.2) is 0 Å². The highest BCUT2D eigenvalue weighted by atomic mass is 16.3. The van der Waals surface area contributed by atoms with E-state index >= 15 is 0 Å². The lowest BCUT2D eigenvalue weighted by Gasteiger charge is -2.36. The Balaban J connectivity index is 2.14. The van der Waals surface area contributed by atoms with Crippen molar-refractivity contribution in [2.45, 2.75) is 25.5 Å². The monoisotopic (exact) mass is 200 g/mol. The van der Waals surface area contributed by atoms with Crippen LogP contribution in [0, 0.1) is 0 Å². The first-order valence-electron chi connectivity index (χ1n) is 5.28. The average molecular weight is 200 g/mol. The zero-order valence-electron chi connectivity index (χ0n) is 8.85. The first kappa shape index (κ1) is 11.6. The number of nitrogens with zero attached hydrogens (tertiary/aromatic N) is 2. The van der Waals surface area contributed by atoms with E-state index in [1.165, 1.54) is 0 Å².